The van der Waals surface area contributed by atoms with Gasteiger partial charge in [-0.15, -0.1) is 0 Å². The molecule has 3 aromatic rings. The maximum absolute atomic E-state index is 13.1. The number of hydrogen-bond acceptors (Lipinski definition) is 5. The molecule has 4 rings (SSSR count). The molecular formula is C20H18N4O3. The number of carboxylic acid groups (broad SMARTS) is 1. The Kier molecular flexibility index (Phi) is 4.19. The third-order valence-electron chi connectivity index (χ3n) is 4.74. The number of nitrogen functional groups attached to an aromatic ring is 1. The smallest absolute Gasteiger partial charge is 0.303 e. The Morgan fingerprint density at radius 3 is 2.44 bits per heavy atom. The molecule has 136 valence electrons. The second-order valence-electron chi connectivity index (χ2n) is 6.61. The van der Waals surface area contributed by atoms with Gasteiger partial charge in [-0.05, 0) is 35.2 Å². The van der Waals surface area contributed by atoms with Crippen LogP contribution >= 0.6 is 0 Å². The van der Waals surface area contributed by atoms with Gasteiger partial charge in [0.25, 0.3) is 5.91 Å². The van der Waals surface area contributed by atoms with Crippen LogP contribution in [0.25, 0.3) is 10.9 Å². The second-order valence-corrected chi connectivity index (χ2v) is 6.61. The molecule has 2 aromatic carbocycles. The topological polar surface area (TPSA) is 109 Å². The normalized spacial score (nSPS) is 13.0. The number of carbonyl (C=O) groups is 2. The van der Waals surface area contributed by atoms with Crippen molar-refractivity contribution >= 4 is 28.7 Å². The van der Waals surface area contributed by atoms with E-state index in [1.165, 1.54) is 0 Å². The van der Waals surface area contributed by atoms with Crippen molar-refractivity contribution < 1.29 is 14.7 Å². The third-order valence-corrected chi connectivity index (χ3v) is 4.74. The van der Waals surface area contributed by atoms with Crippen molar-refractivity contribution in [2.24, 2.45) is 0 Å². The summed E-state index contributed by atoms with van der Waals surface area (Å²) in [5.41, 5.74) is 9.70. The molecule has 1 aromatic heterocycles. The molecule has 2 heterocycles. The number of anilines is 1. The highest BCUT2D eigenvalue weighted by atomic mass is 16.4. The molecule has 0 fully saturated rings. The molecule has 27 heavy (non-hydrogen) atoms. The van der Waals surface area contributed by atoms with Crippen LogP contribution in [-0.4, -0.2) is 31.9 Å². The van der Waals surface area contributed by atoms with Gasteiger partial charge in [-0.1, -0.05) is 30.3 Å². The number of hydrogen-bond donors (Lipinski definition) is 2. The van der Waals surface area contributed by atoms with E-state index in [1.807, 2.05) is 24.3 Å². The molecule has 7 nitrogen and oxygen atoms in total. The van der Waals surface area contributed by atoms with E-state index in [4.69, 9.17) is 10.8 Å². The molecule has 0 unspecified atom stereocenters. The van der Waals surface area contributed by atoms with Gasteiger partial charge in [0.05, 0.1) is 5.52 Å². The van der Waals surface area contributed by atoms with E-state index in [0.29, 0.717) is 30.4 Å². The number of amides is 1. The van der Waals surface area contributed by atoms with Gasteiger partial charge >= 0.3 is 5.97 Å². The van der Waals surface area contributed by atoms with Crippen molar-refractivity contribution in [3.05, 3.63) is 64.8 Å². The Morgan fingerprint density at radius 2 is 1.78 bits per heavy atom. The lowest BCUT2D eigenvalue weighted by Gasteiger charge is -2.16. The number of nitrogens with two attached hydrogens (primary N) is 1. The second kappa shape index (κ2) is 6.68. The lowest BCUT2D eigenvalue weighted by atomic mass is 10.0. The van der Waals surface area contributed by atoms with Crippen molar-refractivity contribution in [2.75, 3.05) is 5.73 Å². The van der Waals surface area contributed by atoms with E-state index in [0.717, 1.165) is 16.7 Å². The van der Waals surface area contributed by atoms with Crippen LogP contribution < -0.4 is 5.73 Å². The van der Waals surface area contributed by atoms with Crippen molar-refractivity contribution in [3.63, 3.8) is 0 Å². The summed E-state index contributed by atoms with van der Waals surface area (Å²) in [5.74, 6) is -1.03. The number of nitrogens with zero attached hydrogens (tertiary/aromatic N) is 3. The molecule has 1 aliphatic rings. The Balaban J connectivity index is 1.70. The highest BCUT2D eigenvalue weighted by molar-refractivity contribution is 6.05. The summed E-state index contributed by atoms with van der Waals surface area (Å²) in [6.07, 6.45) is 0.393. The average Bonchev–Trinajstić information content (AvgIpc) is 3.09. The standard InChI is InChI=1S/C20H18N4O3/c21-20-22-16-7-5-12(6-8-17(25)26)9-15(16)18(23-20)19(27)24-10-13-3-1-2-4-14(13)11-24/h1-5,7,9H,6,8,10-11H2,(H,25,26)(H2,21,22,23). The Morgan fingerprint density at radius 1 is 1.07 bits per heavy atom. The Bertz CT molecular complexity index is 1040. The largest absolute Gasteiger partial charge is 0.481 e. The van der Waals surface area contributed by atoms with E-state index < -0.39 is 5.97 Å². The van der Waals surface area contributed by atoms with E-state index in [-0.39, 0.29) is 24.0 Å². The van der Waals surface area contributed by atoms with Gasteiger partial charge < -0.3 is 15.7 Å². The van der Waals surface area contributed by atoms with Crippen LogP contribution in [0, 0.1) is 0 Å². The number of aryl methyl sites for hydroxylation is 1. The summed E-state index contributed by atoms with van der Waals surface area (Å²) in [6.45, 7) is 1.05. The lowest BCUT2D eigenvalue weighted by Crippen LogP contribution is -2.27. The SMILES string of the molecule is Nc1nc(C(=O)N2Cc3ccccc3C2)c2cc(CCC(=O)O)ccc2n1. The number of aromatic nitrogens is 2. The van der Waals surface area contributed by atoms with Gasteiger partial charge in [0, 0.05) is 24.9 Å². The first-order valence-electron chi connectivity index (χ1n) is 8.65. The van der Waals surface area contributed by atoms with Crippen LogP contribution in [0.2, 0.25) is 0 Å². The minimum absolute atomic E-state index is 0.0199. The zero-order valence-electron chi connectivity index (χ0n) is 14.6. The fourth-order valence-corrected chi connectivity index (χ4v) is 3.39. The Labute approximate surface area is 155 Å². The summed E-state index contributed by atoms with van der Waals surface area (Å²) in [5, 5.41) is 9.49. The van der Waals surface area contributed by atoms with E-state index in [2.05, 4.69) is 9.97 Å². The first-order chi connectivity index (χ1) is 13.0. The molecule has 7 heteroatoms. The molecular weight excluding hydrogens is 344 g/mol. The summed E-state index contributed by atoms with van der Waals surface area (Å²) in [4.78, 5) is 34.1. The van der Waals surface area contributed by atoms with Gasteiger partial charge in [0.2, 0.25) is 5.95 Å². The van der Waals surface area contributed by atoms with Crippen LogP contribution in [0.4, 0.5) is 5.95 Å². The van der Waals surface area contributed by atoms with E-state index in [9.17, 15) is 9.59 Å². The van der Waals surface area contributed by atoms with E-state index >= 15 is 0 Å². The number of rotatable bonds is 4. The highest BCUT2D eigenvalue weighted by Gasteiger charge is 2.26. The van der Waals surface area contributed by atoms with Gasteiger partial charge in [-0.2, -0.15) is 0 Å². The molecule has 1 amide bonds. The van der Waals surface area contributed by atoms with Crippen LogP contribution in [0.1, 0.15) is 33.6 Å². The van der Waals surface area contributed by atoms with Crippen LogP contribution in [0.3, 0.4) is 0 Å². The maximum Gasteiger partial charge on any atom is 0.303 e. The molecule has 1 aliphatic heterocycles. The molecule has 0 aliphatic carbocycles. The van der Waals surface area contributed by atoms with E-state index in [1.54, 1.807) is 23.1 Å². The average molecular weight is 362 g/mol. The number of carboxylic acids is 1. The highest BCUT2D eigenvalue weighted by Crippen LogP contribution is 2.26. The van der Waals surface area contributed by atoms with Crippen molar-refractivity contribution in [3.8, 4) is 0 Å². The van der Waals surface area contributed by atoms with Crippen LogP contribution in [0.5, 0.6) is 0 Å². The molecule has 0 atom stereocenters. The van der Waals surface area contributed by atoms with Gasteiger partial charge in [0.1, 0.15) is 5.69 Å². The number of carbonyl (C=O) groups excluding carboxylic acids is 1. The minimum atomic E-state index is -0.866. The van der Waals surface area contributed by atoms with Crippen LogP contribution in [0.15, 0.2) is 42.5 Å². The third kappa shape index (κ3) is 3.31. The lowest BCUT2D eigenvalue weighted by molar-refractivity contribution is -0.136. The predicted molar refractivity (Wildman–Crippen MR) is 99.9 cm³/mol. The zero-order chi connectivity index (χ0) is 19.0. The molecule has 0 saturated carbocycles. The zero-order valence-corrected chi connectivity index (χ0v) is 14.6. The van der Waals surface area contributed by atoms with Crippen LogP contribution in [-0.2, 0) is 24.3 Å². The monoisotopic (exact) mass is 362 g/mol. The Hall–Kier alpha value is -3.48. The minimum Gasteiger partial charge on any atom is -0.481 e. The number of benzene rings is 2. The van der Waals surface area contributed by atoms with Crippen molar-refractivity contribution in [2.45, 2.75) is 25.9 Å². The van der Waals surface area contributed by atoms with Gasteiger partial charge in [-0.3, -0.25) is 9.59 Å². The van der Waals surface area contributed by atoms with Gasteiger partial charge in [0.15, 0.2) is 0 Å². The first-order valence-corrected chi connectivity index (χ1v) is 8.65. The molecule has 0 saturated heterocycles. The summed E-state index contributed by atoms with van der Waals surface area (Å²) in [7, 11) is 0. The number of aliphatic carboxylic acids is 1. The predicted octanol–water partition coefficient (Wildman–Crippen LogP) is 2.39. The fraction of sp³-hybridized carbons (Fsp3) is 0.200. The van der Waals surface area contributed by atoms with Gasteiger partial charge in [-0.25, -0.2) is 9.97 Å². The quantitative estimate of drug-likeness (QED) is 0.737. The van der Waals surface area contributed by atoms with Crippen molar-refractivity contribution in [1.82, 2.24) is 14.9 Å². The number of fused-ring (bicyclic) bond motifs is 2. The summed E-state index contributed by atoms with van der Waals surface area (Å²) in [6, 6.07) is 13.3. The maximum atomic E-state index is 13.1. The molecule has 0 radical (unpaired) electrons. The summed E-state index contributed by atoms with van der Waals surface area (Å²) >= 11 is 0. The fourth-order valence-electron chi connectivity index (χ4n) is 3.39. The molecule has 3 N–H and O–H groups in total. The molecule has 0 spiro atoms. The first kappa shape index (κ1) is 17.0. The van der Waals surface area contributed by atoms with Crippen molar-refractivity contribution in [1.29, 1.82) is 0 Å². The summed E-state index contributed by atoms with van der Waals surface area (Å²) < 4.78 is 0. The molecule has 0 bridgehead atoms.